The zero-order valence-corrected chi connectivity index (χ0v) is 11.1. The molecule has 1 fully saturated rings. The van der Waals surface area contributed by atoms with E-state index in [0.717, 1.165) is 37.2 Å². The third-order valence-corrected chi connectivity index (χ3v) is 3.72. The van der Waals surface area contributed by atoms with Crippen LogP contribution in [0.3, 0.4) is 0 Å². The predicted octanol–water partition coefficient (Wildman–Crippen LogP) is 1.97. The van der Waals surface area contributed by atoms with Gasteiger partial charge in [0.15, 0.2) is 0 Å². The molecule has 2 N–H and O–H groups in total. The van der Waals surface area contributed by atoms with Crippen molar-refractivity contribution < 1.29 is 0 Å². The Kier molecular flexibility index (Phi) is 3.83. The lowest BCUT2D eigenvalue weighted by Gasteiger charge is -2.34. The number of aromatic nitrogens is 1. The molecule has 0 unspecified atom stereocenters. The van der Waals surface area contributed by atoms with Gasteiger partial charge in [0, 0.05) is 24.8 Å². The molecule has 1 aromatic heterocycles. The quantitative estimate of drug-likeness (QED) is 0.863. The highest BCUT2D eigenvalue weighted by atomic mass is 15.2. The second kappa shape index (κ2) is 5.36. The van der Waals surface area contributed by atoms with Gasteiger partial charge < -0.3 is 10.6 Å². The zero-order valence-electron chi connectivity index (χ0n) is 11.1. The molecule has 4 heteroatoms. The summed E-state index contributed by atoms with van der Waals surface area (Å²) in [5.41, 5.74) is 7.50. The van der Waals surface area contributed by atoms with Crippen LogP contribution >= 0.6 is 0 Å². The van der Waals surface area contributed by atoms with E-state index in [9.17, 15) is 0 Å². The zero-order chi connectivity index (χ0) is 13.1. The lowest BCUT2D eigenvalue weighted by Crippen LogP contribution is -2.39. The summed E-state index contributed by atoms with van der Waals surface area (Å²) in [7, 11) is 2.06. The second-order valence-corrected chi connectivity index (χ2v) is 5.15. The summed E-state index contributed by atoms with van der Waals surface area (Å²) in [6.45, 7) is 1.93. The van der Waals surface area contributed by atoms with E-state index in [-0.39, 0.29) is 0 Å². The third-order valence-electron chi connectivity index (χ3n) is 3.72. The van der Waals surface area contributed by atoms with Crippen LogP contribution in [-0.4, -0.2) is 24.1 Å². The van der Waals surface area contributed by atoms with Crippen LogP contribution in [0.1, 0.15) is 36.9 Å². The van der Waals surface area contributed by atoms with Gasteiger partial charge in [-0.15, -0.1) is 0 Å². The number of pyridine rings is 1. The van der Waals surface area contributed by atoms with Gasteiger partial charge in [-0.1, -0.05) is 0 Å². The fourth-order valence-electron chi connectivity index (χ4n) is 2.57. The lowest BCUT2D eigenvalue weighted by atomic mass is 9.91. The number of aryl methyl sites for hydroxylation is 1. The highest BCUT2D eigenvalue weighted by Gasteiger charge is 2.23. The number of hydrogen-bond donors (Lipinski definition) is 1. The molecule has 0 radical (unpaired) electrons. The molecule has 2 rings (SSSR count). The molecule has 0 bridgehead atoms. The first-order valence-electron chi connectivity index (χ1n) is 6.47. The van der Waals surface area contributed by atoms with Gasteiger partial charge in [0.05, 0.1) is 11.6 Å². The minimum absolute atomic E-state index is 0.356. The van der Waals surface area contributed by atoms with E-state index < -0.39 is 0 Å². The van der Waals surface area contributed by atoms with Gasteiger partial charge in [0.2, 0.25) is 0 Å². The predicted molar refractivity (Wildman–Crippen MR) is 72.3 cm³/mol. The number of hydrogen-bond acceptors (Lipinski definition) is 4. The first kappa shape index (κ1) is 12.8. The fraction of sp³-hybridized carbons (Fsp3) is 0.571. The van der Waals surface area contributed by atoms with Gasteiger partial charge in [0.25, 0.3) is 0 Å². The maximum absolute atomic E-state index is 9.00. The van der Waals surface area contributed by atoms with Crippen molar-refractivity contribution in [2.75, 3.05) is 11.9 Å². The number of rotatable bonds is 2. The van der Waals surface area contributed by atoms with Gasteiger partial charge >= 0.3 is 0 Å². The van der Waals surface area contributed by atoms with Crippen LogP contribution in [0, 0.1) is 18.3 Å². The molecule has 4 nitrogen and oxygen atoms in total. The Morgan fingerprint density at radius 2 is 2.00 bits per heavy atom. The van der Waals surface area contributed by atoms with E-state index in [1.54, 1.807) is 0 Å². The molecule has 96 valence electrons. The molecule has 1 aromatic rings. The monoisotopic (exact) mass is 244 g/mol. The summed E-state index contributed by atoms with van der Waals surface area (Å²) in [5.74, 6) is 0.895. The molecule has 0 aliphatic heterocycles. The van der Waals surface area contributed by atoms with Crippen LogP contribution < -0.4 is 10.6 Å². The summed E-state index contributed by atoms with van der Waals surface area (Å²) in [5, 5.41) is 9.00. The summed E-state index contributed by atoms with van der Waals surface area (Å²) < 4.78 is 0. The van der Waals surface area contributed by atoms with E-state index in [0.29, 0.717) is 17.6 Å². The molecule has 0 amide bonds. The van der Waals surface area contributed by atoms with Crippen molar-refractivity contribution in [3.63, 3.8) is 0 Å². The normalized spacial score (nSPS) is 23.4. The Hall–Kier alpha value is -1.60. The Balaban J connectivity index is 2.16. The summed E-state index contributed by atoms with van der Waals surface area (Å²) >= 11 is 0. The first-order valence-corrected chi connectivity index (χ1v) is 6.47. The van der Waals surface area contributed by atoms with Crippen molar-refractivity contribution in [3.8, 4) is 6.07 Å². The van der Waals surface area contributed by atoms with Gasteiger partial charge in [0.1, 0.15) is 5.82 Å². The van der Waals surface area contributed by atoms with Crippen molar-refractivity contribution >= 4 is 5.82 Å². The standard InChI is InChI=1S/C14H20N4/c1-10-7-11(9-15)8-14(17-10)18(2)13-5-3-12(16)4-6-13/h7-8,12-13H,3-6,16H2,1-2H3. The fourth-order valence-corrected chi connectivity index (χ4v) is 2.57. The van der Waals surface area contributed by atoms with E-state index in [2.05, 4.69) is 23.0 Å². The molecule has 1 heterocycles. The Morgan fingerprint density at radius 1 is 1.33 bits per heavy atom. The van der Waals surface area contributed by atoms with Crippen LogP contribution in [0.25, 0.3) is 0 Å². The van der Waals surface area contributed by atoms with E-state index in [1.807, 2.05) is 19.1 Å². The number of anilines is 1. The Bertz CT molecular complexity index is 455. The van der Waals surface area contributed by atoms with E-state index in [1.165, 1.54) is 0 Å². The van der Waals surface area contributed by atoms with Crippen LogP contribution in [-0.2, 0) is 0 Å². The van der Waals surface area contributed by atoms with Crippen LogP contribution in [0.15, 0.2) is 12.1 Å². The van der Waals surface area contributed by atoms with Crippen molar-refractivity contribution in [1.82, 2.24) is 4.98 Å². The Labute approximate surface area is 108 Å². The molecule has 1 saturated carbocycles. The number of nitrogens with two attached hydrogens (primary N) is 1. The number of nitriles is 1. The third kappa shape index (κ3) is 2.80. The Morgan fingerprint density at radius 3 is 2.61 bits per heavy atom. The molecule has 18 heavy (non-hydrogen) atoms. The van der Waals surface area contributed by atoms with Crippen molar-refractivity contribution in [3.05, 3.63) is 23.4 Å². The molecule has 1 aliphatic carbocycles. The first-order chi connectivity index (χ1) is 8.60. The maximum Gasteiger partial charge on any atom is 0.130 e. The summed E-state index contributed by atoms with van der Waals surface area (Å²) in [6, 6.07) is 6.71. The van der Waals surface area contributed by atoms with Gasteiger partial charge in [-0.25, -0.2) is 4.98 Å². The van der Waals surface area contributed by atoms with Gasteiger partial charge in [-0.2, -0.15) is 5.26 Å². The minimum atomic E-state index is 0.356. The van der Waals surface area contributed by atoms with E-state index in [4.69, 9.17) is 11.0 Å². The largest absolute Gasteiger partial charge is 0.357 e. The second-order valence-electron chi connectivity index (χ2n) is 5.15. The van der Waals surface area contributed by atoms with Gasteiger partial charge in [-0.3, -0.25) is 0 Å². The van der Waals surface area contributed by atoms with Crippen molar-refractivity contribution in [2.24, 2.45) is 5.73 Å². The lowest BCUT2D eigenvalue weighted by molar-refractivity contribution is 0.383. The molecule has 0 atom stereocenters. The topological polar surface area (TPSA) is 65.9 Å². The summed E-state index contributed by atoms with van der Waals surface area (Å²) in [6.07, 6.45) is 4.36. The van der Waals surface area contributed by atoms with Gasteiger partial charge in [-0.05, 0) is 44.7 Å². The molecular formula is C14H20N4. The van der Waals surface area contributed by atoms with Crippen molar-refractivity contribution in [1.29, 1.82) is 5.26 Å². The highest BCUT2D eigenvalue weighted by molar-refractivity contribution is 5.46. The minimum Gasteiger partial charge on any atom is -0.357 e. The highest BCUT2D eigenvalue weighted by Crippen LogP contribution is 2.25. The molecule has 1 aliphatic rings. The van der Waals surface area contributed by atoms with Crippen LogP contribution in [0.5, 0.6) is 0 Å². The van der Waals surface area contributed by atoms with Crippen LogP contribution in [0.2, 0.25) is 0 Å². The summed E-state index contributed by atoms with van der Waals surface area (Å²) in [4.78, 5) is 6.71. The molecule has 0 spiro atoms. The van der Waals surface area contributed by atoms with Crippen molar-refractivity contribution in [2.45, 2.75) is 44.7 Å². The average molecular weight is 244 g/mol. The molecule has 0 saturated heterocycles. The molecule has 0 aromatic carbocycles. The smallest absolute Gasteiger partial charge is 0.130 e. The molecular weight excluding hydrogens is 224 g/mol. The maximum atomic E-state index is 9.00. The SMILES string of the molecule is Cc1cc(C#N)cc(N(C)C2CCC(N)CC2)n1. The average Bonchev–Trinajstić information content (AvgIpc) is 2.38. The van der Waals surface area contributed by atoms with E-state index >= 15 is 0 Å². The number of nitrogens with zero attached hydrogens (tertiary/aromatic N) is 3. The van der Waals surface area contributed by atoms with Crippen LogP contribution in [0.4, 0.5) is 5.82 Å².